The Morgan fingerprint density at radius 2 is 1.57 bits per heavy atom. The van der Waals surface area contributed by atoms with Gasteiger partial charge in [0.1, 0.15) is 5.75 Å². The molecular formula is C20H32O. The lowest BCUT2D eigenvalue weighted by Crippen LogP contribution is -1.96. The maximum Gasteiger partial charge on any atom is 0.119 e. The van der Waals surface area contributed by atoms with Crippen molar-refractivity contribution in [2.24, 2.45) is 0 Å². The van der Waals surface area contributed by atoms with Crippen LogP contribution in [0, 0.1) is 0 Å². The molecule has 0 N–H and O–H groups in total. The van der Waals surface area contributed by atoms with E-state index in [1.165, 1.54) is 63.4 Å². The van der Waals surface area contributed by atoms with Crippen molar-refractivity contribution in [1.29, 1.82) is 0 Å². The fraction of sp³-hybridized carbons (Fsp3) is 0.600. The molecule has 0 amide bonds. The highest BCUT2D eigenvalue weighted by atomic mass is 16.5. The Morgan fingerprint density at radius 1 is 0.905 bits per heavy atom. The molecule has 118 valence electrons. The van der Waals surface area contributed by atoms with Gasteiger partial charge < -0.3 is 4.74 Å². The molecule has 0 aliphatic carbocycles. The minimum Gasteiger partial charge on any atom is -0.494 e. The summed E-state index contributed by atoms with van der Waals surface area (Å²) in [7, 11) is 0. The van der Waals surface area contributed by atoms with Crippen LogP contribution in [0.2, 0.25) is 0 Å². The van der Waals surface area contributed by atoms with Crippen LogP contribution < -0.4 is 4.74 Å². The zero-order chi connectivity index (χ0) is 15.2. The summed E-state index contributed by atoms with van der Waals surface area (Å²) in [5.74, 6) is 1.01. The lowest BCUT2D eigenvalue weighted by Gasteiger charge is -2.06. The van der Waals surface area contributed by atoms with Gasteiger partial charge in [-0.3, -0.25) is 0 Å². The van der Waals surface area contributed by atoms with E-state index in [4.69, 9.17) is 4.74 Å². The fourth-order valence-corrected chi connectivity index (χ4v) is 2.41. The number of allylic oxidation sites excluding steroid dienone is 1. The Balaban J connectivity index is 2.05. The van der Waals surface area contributed by atoms with Gasteiger partial charge in [-0.15, -0.1) is 6.58 Å². The molecule has 0 atom stereocenters. The number of aryl methyl sites for hydroxylation is 1. The van der Waals surface area contributed by atoms with E-state index in [-0.39, 0.29) is 0 Å². The van der Waals surface area contributed by atoms with E-state index in [1.807, 2.05) is 6.08 Å². The summed E-state index contributed by atoms with van der Waals surface area (Å²) in [6.07, 6.45) is 14.8. The quantitative estimate of drug-likeness (QED) is 0.304. The molecule has 0 spiro atoms. The molecule has 21 heavy (non-hydrogen) atoms. The van der Waals surface area contributed by atoms with Crippen LogP contribution in [0.25, 0.3) is 0 Å². The molecule has 1 nitrogen and oxygen atoms in total. The Morgan fingerprint density at radius 3 is 2.24 bits per heavy atom. The summed E-state index contributed by atoms with van der Waals surface area (Å²) in [6, 6.07) is 8.65. The summed E-state index contributed by atoms with van der Waals surface area (Å²) < 4.78 is 5.68. The third-order valence-electron chi connectivity index (χ3n) is 3.81. The van der Waals surface area contributed by atoms with E-state index >= 15 is 0 Å². The molecule has 0 aliphatic rings. The zero-order valence-electron chi connectivity index (χ0n) is 13.8. The molecule has 0 bridgehead atoms. The molecule has 1 aromatic rings. The summed E-state index contributed by atoms with van der Waals surface area (Å²) in [5, 5.41) is 0. The van der Waals surface area contributed by atoms with Crippen LogP contribution in [0.15, 0.2) is 36.9 Å². The molecule has 0 saturated heterocycles. The molecule has 0 saturated carbocycles. The first-order valence-electron chi connectivity index (χ1n) is 8.69. The van der Waals surface area contributed by atoms with Gasteiger partial charge in [0.15, 0.2) is 0 Å². The molecule has 1 rings (SSSR count). The largest absolute Gasteiger partial charge is 0.494 e. The average Bonchev–Trinajstić information content (AvgIpc) is 2.52. The van der Waals surface area contributed by atoms with Gasteiger partial charge in [0.2, 0.25) is 0 Å². The van der Waals surface area contributed by atoms with Crippen LogP contribution in [0.1, 0.15) is 70.3 Å². The molecule has 0 unspecified atom stereocenters. The van der Waals surface area contributed by atoms with Crippen molar-refractivity contribution in [3.05, 3.63) is 42.5 Å². The lowest BCUT2D eigenvalue weighted by atomic mass is 10.0. The number of rotatable bonds is 13. The summed E-state index contributed by atoms with van der Waals surface area (Å²) in [4.78, 5) is 0. The first kappa shape index (κ1) is 17.8. The number of unbranched alkanes of at least 4 members (excludes halogenated alkanes) is 7. The molecule has 1 heteroatoms. The fourth-order valence-electron chi connectivity index (χ4n) is 2.41. The van der Waals surface area contributed by atoms with Gasteiger partial charge in [-0.2, -0.15) is 0 Å². The summed E-state index contributed by atoms with van der Waals surface area (Å²) in [6.45, 7) is 6.78. The molecule has 0 fully saturated rings. The van der Waals surface area contributed by atoms with E-state index in [2.05, 4.69) is 37.8 Å². The Labute approximate surface area is 131 Å². The summed E-state index contributed by atoms with van der Waals surface area (Å²) >= 11 is 0. The van der Waals surface area contributed by atoms with Crippen molar-refractivity contribution in [3.63, 3.8) is 0 Å². The van der Waals surface area contributed by atoms with Crippen molar-refractivity contribution in [1.82, 2.24) is 0 Å². The van der Waals surface area contributed by atoms with E-state index in [9.17, 15) is 0 Å². The van der Waals surface area contributed by atoms with E-state index in [1.54, 1.807) is 0 Å². The van der Waals surface area contributed by atoms with E-state index in [0.29, 0.717) is 0 Å². The topological polar surface area (TPSA) is 9.23 Å². The van der Waals surface area contributed by atoms with Gasteiger partial charge in [-0.25, -0.2) is 0 Å². The normalized spacial score (nSPS) is 10.5. The molecule has 0 radical (unpaired) electrons. The van der Waals surface area contributed by atoms with Gasteiger partial charge >= 0.3 is 0 Å². The van der Waals surface area contributed by atoms with E-state index < -0.39 is 0 Å². The van der Waals surface area contributed by atoms with Crippen molar-refractivity contribution >= 4 is 0 Å². The number of benzene rings is 1. The predicted octanol–water partition coefficient (Wildman–Crippen LogP) is 6.32. The summed E-state index contributed by atoms with van der Waals surface area (Å²) in [5.41, 5.74) is 1.43. The lowest BCUT2D eigenvalue weighted by molar-refractivity contribution is 0.309. The van der Waals surface area contributed by atoms with Crippen LogP contribution in [-0.2, 0) is 6.42 Å². The highest BCUT2D eigenvalue weighted by Gasteiger charge is 1.97. The van der Waals surface area contributed by atoms with Gasteiger partial charge in [-0.1, -0.05) is 57.2 Å². The smallest absolute Gasteiger partial charge is 0.119 e. The average molecular weight is 288 g/mol. The second-order valence-corrected chi connectivity index (χ2v) is 5.79. The van der Waals surface area contributed by atoms with Crippen LogP contribution >= 0.6 is 0 Å². The monoisotopic (exact) mass is 288 g/mol. The van der Waals surface area contributed by atoms with Crippen LogP contribution in [0.3, 0.4) is 0 Å². The van der Waals surface area contributed by atoms with Crippen LogP contribution in [-0.4, -0.2) is 6.61 Å². The third kappa shape index (κ3) is 9.33. The maximum atomic E-state index is 5.68. The predicted molar refractivity (Wildman–Crippen MR) is 93.1 cm³/mol. The molecule has 1 aromatic carbocycles. The third-order valence-corrected chi connectivity index (χ3v) is 3.81. The Bertz CT molecular complexity index is 353. The minimum absolute atomic E-state index is 0.835. The van der Waals surface area contributed by atoms with Crippen LogP contribution in [0.4, 0.5) is 0 Å². The van der Waals surface area contributed by atoms with Crippen LogP contribution in [0.5, 0.6) is 5.75 Å². The first-order chi connectivity index (χ1) is 10.4. The number of hydrogen-bond donors (Lipinski definition) is 0. The minimum atomic E-state index is 0.835. The van der Waals surface area contributed by atoms with Gasteiger partial charge in [0, 0.05) is 0 Å². The molecular weight excluding hydrogens is 256 g/mol. The second-order valence-electron chi connectivity index (χ2n) is 5.79. The van der Waals surface area contributed by atoms with Crippen molar-refractivity contribution in [3.8, 4) is 5.75 Å². The van der Waals surface area contributed by atoms with E-state index in [0.717, 1.165) is 18.8 Å². The second kappa shape index (κ2) is 12.5. The Hall–Kier alpha value is -1.24. The SMILES string of the molecule is C=CCCCCCCCCc1ccc(OCCCC)cc1. The van der Waals surface area contributed by atoms with Crippen molar-refractivity contribution in [2.75, 3.05) is 6.61 Å². The van der Waals surface area contributed by atoms with Crippen molar-refractivity contribution in [2.45, 2.75) is 71.1 Å². The molecule has 0 heterocycles. The number of ether oxygens (including phenoxy) is 1. The highest BCUT2D eigenvalue weighted by Crippen LogP contribution is 2.15. The first-order valence-corrected chi connectivity index (χ1v) is 8.69. The zero-order valence-corrected chi connectivity index (χ0v) is 13.8. The van der Waals surface area contributed by atoms with Crippen molar-refractivity contribution < 1.29 is 4.74 Å². The number of hydrogen-bond acceptors (Lipinski definition) is 1. The van der Waals surface area contributed by atoms with Gasteiger partial charge in [-0.05, 0) is 49.8 Å². The maximum absolute atomic E-state index is 5.68. The van der Waals surface area contributed by atoms with Gasteiger partial charge in [0.25, 0.3) is 0 Å². The highest BCUT2D eigenvalue weighted by molar-refractivity contribution is 5.27. The molecule has 0 aliphatic heterocycles. The van der Waals surface area contributed by atoms with Gasteiger partial charge in [0.05, 0.1) is 6.61 Å². The molecule has 0 aromatic heterocycles. The standard InChI is InChI=1S/C20H32O/c1-3-5-7-8-9-10-11-12-13-19-14-16-20(17-15-19)21-18-6-4-2/h3,14-17H,1,4-13,18H2,2H3. The Kier molecular flexibility index (Phi) is 10.6.